The van der Waals surface area contributed by atoms with E-state index in [9.17, 15) is 14.7 Å². The number of rotatable bonds is 3. The average Bonchev–Trinajstić information content (AvgIpc) is 2.96. The summed E-state index contributed by atoms with van der Waals surface area (Å²) in [5.74, 6) is 5.16. The van der Waals surface area contributed by atoms with Crippen LogP contribution in [0.25, 0.3) is 10.9 Å². The molecule has 0 aliphatic heterocycles. The Kier molecular flexibility index (Phi) is 4.89. The molecule has 3 rings (SSSR count). The quantitative estimate of drug-likeness (QED) is 0.323. The molecule has 0 aliphatic carbocycles. The molecule has 0 bridgehead atoms. The lowest BCUT2D eigenvalue weighted by Crippen LogP contribution is -2.41. The maximum Gasteiger partial charge on any atom is 0.275 e. The van der Waals surface area contributed by atoms with E-state index >= 15 is 0 Å². The maximum absolute atomic E-state index is 12.5. The molecule has 0 saturated carbocycles. The number of nitrogens with one attached hydrogen (secondary N) is 2. The van der Waals surface area contributed by atoms with Gasteiger partial charge in [-0.1, -0.05) is 30.0 Å². The van der Waals surface area contributed by atoms with Gasteiger partial charge in [0.15, 0.2) is 6.04 Å². The Labute approximate surface area is 148 Å². The van der Waals surface area contributed by atoms with E-state index in [2.05, 4.69) is 16.9 Å². The van der Waals surface area contributed by atoms with E-state index in [0.29, 0.717) is 16.5 Å². The SMILES string of the molecule is CC(O)C(C(=O)NO)n1[nH]c2cc(C#Cc3ccccc3)ccc2c1=O. The van der Waals surface area contributed by atoms with Crippen molar-refractivity contribution in [2.45, 2.75) is 19.1 Å². The molecule has 4 N–H and O–H groups in total. The minimum absolute atomic E-state index is 0.353. The normalized spacial score (nSPS) is 12.9. The number of benzene rings is 2. The van der Waals surface area contributed by atoms with Crippen LogP contribution in [0.1, 0.15) is 24.1 Å². The first-order chi connectivity index (χ1) is 12.5. The zero-order valence-corrected chi connectivity index (χ0v) is 13.9. The summed E-state index contributed by atoms with van der Waals surface area (Å²) in [4.78, 5) is 24.3. The van der Waals surface area contributed by atoms with Gasteiger partial charge in [0.05, 0.1) is 17.0 Å². The number of aliphatic hydroxyl groups is 1. The number of fused-ring (bicyclic) bond motifs is 1. The maximum atomic E-state index is 12.5. The van der Waals surface area contributed by atoms with E-state index in [1.165, 1.54) is 12.4 Å². The van der Waals surface area contributed by atoms with E-state index in [-0.39, 0.29) is 0 Å². The highest BCUT2D eigenvalue weighted by molar-refractivity contribution is 5.82. The van der Waals surface area contributed by atoms with Gasteiger partial charge in [0, 0.05) is 11.1 Å². The molecule has 2 atom stereocenters. The van der Waals surface area contributed by atoms with E-state index in [1.807, 2.05) is 30.3 Å². The molecule has 0 spiro atoms. The molecule has 1 amide bonds. The Balaban J connectivity index is 2.03. The third-order valence-corrected chi connectivity index (χ3v) is 3.95. The number of hydrogen-bond acceptors (Lipinski definition) is 4. The minimum Gasteiger partial charge on any atom is -0.391 e. The van der Waals surface area contributed by atoms with Crippen molar-refractivity contribution in [1.82, 2.24) is 15.3 Å². The highest BCUT2D eigenvalue weighted by Crippen LogP contribution is 2.15. The topological polar surface area (TPSA) is 107 Å². The molecule has 1 aromatic heterocycles. The molecular formula is C19H17N3O4. The van der Waals surface area contributed by atoms with Gasteiger partial charge in [-0.2, -0.15) is 0 Å². The molecule has 2 unspecified atom stereocenters. The van der Waals surface area contributed by atoms with Gasteiger partial charge in [0.25, 0.3) is 11.5 Å². The lowest BCUT2D eigenvalue weighted by Gasteiger charge is -2.17. The number of amides is 1. The van der Waals surface area contributed by atoms with Crippen molar-refractivity contribution in [3.05, 3.63) is 70.0 Å². The molecule has 2 aromatic carbocycles. The first-order valence-corrected chi connectivity index (χ1v) is 7.94. The third kappa shape index (κ3) is 3.37. The van der Waals surface area contributed by atoms with Crippen LogP contribution in [0.4, 0.5) is 0 Å². The van der Waals surface area contributed by atoms with Crippen LogP contribution in [0.15, 0.2) is 53.3 Å². The fraction of sp³-hybridized carbons (Fsp3) is 0.158. The molecule has 132 valence electrons. The second-order valence-corrected chi connectivity index (χ2v) is 5.82. The van der Waals surface area contributed by atoms with Gasteiger partial charge >= 0.3 is 0 Å². The number of carbonyl (C=O) groups excluding carboxylic acids is 1. The van der Waals surface area contributed by atoms with Gasteiger partial charge in [-0.25, -0.2) is 10.2 Å². The highest BCUT2D eigenvalue weighted by atomic mass is 16.5. The summed E-state index contributed by atoms with van der Waals surface area (Å²) < 4.78 is 0.995. The predicted octanol–water partition coefficient (Wildman–Crippen LogP) is 1.16. The predicted molar refractivity (Wildman–Crippen MR) is 95.6 cm³/mol. The van der Waals surface area contributed by atoms with Gasteiger partial charge in [0.1, 0.15) is 0 Å². The van der Waals surface area contributed by atoms with Crippen LogP contribution in [0, 0.1) is 11.8 Å². The molecule has 0 saturated heterocycles. The summed E-state index contributed by atoms with van der Waals surface area (Å²) in [6.45, 7) is 1.36. The summed E-state index contributed by atoms with van der Waals surface area (Å²) >= 11 is 0. The lowest BCUT2D eigenvalue weighted by molar-refractivity contribution is -0.136. The summed E-state index contributed by atoms with van der Waals surface area (Å²) in [6.07, 6.45) is -1.19. The smallest absolute Gasteiger partial charge is 0.275 e. The fourth-order valence-electron chi connectivity index (χ4n) is 2.69. The summed E-state index contributed by atoms with van der Waals surface area (Å²) in [5, 5.41) is 21.8. The van der Waals surface area contributed by atoms with Crippen LogP contribution in [-0.4, -0.2) is 32.1 Å². The molecule has 7 heteroatoms. The molecule has 3 aromatic rings. The second kappa shape index (κ2) is 7.27. The lowest BCUT2D eigenvalue weighted by atomic mass is 10.1. The Morgan fingerprint density at radius 1 is 1.15 bits per heavy atom. The molecule has 26 heavy (non-hydrogen) atoms. The summed E-state index contributed by atoms with van der Waals surface area (Å²) in [6, 6.07) is 13.2. The van der Waals surface area contributed by atoms with Gasteiger partial charge in [-0.15, -0.1) is 0 Å². The Hall–Kier alpha value is -3.34. The molecule has 0 fully saturated rings. The number of hydroxylamine groups is 1. The minimum atomic E-state index is -1.28. The Bertz CT molecular complexity index is 1060. The van der Waals surface area contributed by atoms with Crippen LogP contribution in [0.2, 0.25) is 0 Å². The van der Waals surface area contributed by atoms with Gasteiger partial charge in [-0.05, 0) is 37.3 Å². The standard InChI is InChI=1S/C19H17N3O4/c1-12(23)17(18(24)21-26)22-19(25)15-10-9-14(11-16(15)20-22)8-7-13-5-3-2-4-6-13/h2-6,9-12,17,20,23,26H,1H3,(H,21,24). The largest absolute Gasteiger partial charge is 0.391 e. The molecule has 0 aliphatic rings. The Morgan fingerprint density at radius 2 is 1.85 bits per heavy atom. The monoisotopic (exact) mass is 351 g/mol. The number of aromatic amines is 1. The van der Waals surface area contributed by atoms with E-state index in [4.69, 9.17) is 5.21 Å². The first-order valence-electron chi connectivity index (χ1n) is 7.94. The summed E-state index contributed by atoms with van der Waals surface area (Å²) in [7, 11) is 0. The van der Waals surface area contributed by atoms with Crippen LogP contribution in [0.5, 0.6) is 0 Å². The van der Waals surface area contributed by atoms with Crippen molar-refractivity contribution in [2.75, 3.05) is 0 Å². The number of carbonyl (C=O) groups is 1. The van der Waals surface area contributed by atoms with Crippen molar-refractivity contribution in [3.63, 3.8) is 0 Å². The molecule has 1 heterocycles. The van der Waals surface area contributed by atoms with Crippen LogP contribution in [-0.2, 0) is 4.79 Å². The van der Waals surface area contributed by atoms with Crippen molar-refractivity contribution >= 4 is 16.8 Å². The number of H-pyrrole nitrogens is 1. The average molecular weight is 351 g/mol. The number of hydrogen-bond donors (Lipinski definition) is 4. The first kappa shape index (κ1) is 17.5. The van der Waals surface area contributed by atoms with Crippen LogP contribution >= 0.6 is 0 Å². The zero-order valence-electron chi connectivity index (χ0n) is 13.9. The highest BCUT2D eigenvalue weighted by Gasteiger charge is 2.28. The zero-order chi connectivity index (χ0) is 18.7. The number of nitrogens with zero attached hydrogens (tertiary/aromatic N) is 1. The second-order valence-electron chi connectivity index (χ2n) is 5.82. The van der Waals surface area contributed by atoms with E-state index in [1.54, 1.807) is 18.2 Å². The summed E-state index contributed by atoms with van der Waals surface area (Å²) in [5.41, 5.74) is 3.03. The number of aromatic nitrogens is 2. The van der Waals surface area contributed by atoms with Crippen molar-refractivity contribution in [2.24, 2.45) is 0 Å². The Morgan fingerprint density at radius 3 is 2.50 bits per heavy atom. The molecule has 0 radical (unpaired) electrons. The third-order valence-electron chi connectivity index (χ3n) is 3.95. The van der Waals surface area contributed by atoms with E-state index < -0.39 is 23.6 Å². The van der Waals surface area contributed by atoms with Gasteiger partial charge < -0.3 is 5.11 Å². The van der Waals surface area contributed by atoms with Crippen molar-refractivity contribution in [1.29, 1.82) is 0 Å². The van der Waals surface area contributed by atoms with Gasteiger partial charge in [-0.3, -0.25) is 19.9 Å². The van der Waals surface area contributed by atoms with Crippen LogP contribution < -0.4 is 11.0 Å². The number of aliphatic hydroxyl groups excluding tert-OH is 1. The van der Waals surface area contributed by atoms with Crippen molar-refractivity contribution < 1.29 is 15.1 Å². The fourth-order valence-corrected chi connectivity index (χ4v) is 2.69. The van der Waals surface area contributed by atoms with Gasteiger partial charge in [0.2, 0.25) is 0 Å². The van der Waals surface area contributed by atoms with Crippen LogP contribution in [0.3, 0.4) is 0 Å². The van der Waals surface area contributed by atoms with Crippen molar-refractivity contribution in [3.8, 4) is 11.8 Å². The molecule has 7 nitrogen and oxygen atoms in total. The van der Waals surface area contributed by atoms with E-state index in [0.717, 1.165) is 10.2 Å². The molecular weight excluding hydrogens is 334 g/mol.